The van der Waals surface area contributed by atoms with Gasteiger partial charge in [-0.3, -0.25) is 9.59 Å². The molecule has 1 aliphatic heterocycles. The van der Waals surface area contributed by atoms with Crippen LogP contribution in [0.2, 0.25) is 0 Å². The van der Waals surface area contributed by atoms with E-state index in [9.17, 15) is 27.2 Å². The second-order valence-electron chi connectivity index (χ2n) is 7.83. The first-order valence-corrected chi connectivity index (χ1v) is 10.3. The van der Waals surface area contributed by atoms with Gasteiger partial charge in [-0.05, 0) is 38.5 Å². The largest absolute Gasteiger partial charge is 0.477 e. The molecular formula is C22H22F4N4O4. The number of halogens is 4. The molecule has 8 nitrogen and oxygen atoms in total. The number of nitrogens with zero attached hydrogens (tertiary/aromatic N) is 2. The summed E-state index contributed by atoms with van der Waals surface area (Å²) in [6.45, 7) is 2.42. The van der Waals surface area contributed by atoms with Crippen molar-refractivity contribution in [3.63, 3.8) is 0 Å². The second kappa shape index (κ2) is 10.2. The number of carbonyl (C=O) groups excluding carboxylic acids is 2. The number of amides is 1. The lowest BCUT2D eigenvalue weighted by Crippen LogP contribution is -2.32. The van der Waals surface area contributed by atoms with Gasteiger partial charge in [0.2, 0.25) is 5.78 Å². The van der Waals surface area contributed by atoms with Crippen LogP contribution in [0.25, 0.3) is 11.3 Å². The van der Waals surface area contributed by atoms with Crippen LogP contribution in [-0.2, 0) is 19.1 Å². The lowest BCUT2D eigenvalue weighted by molar-refractivity contribution is -0.146. The first kappa shape index (κ1) is 25.1. The lowest BCUT2D eigenvalue weighted by atomic mass is 10.00. The van der Waals surface area contributed by atoms with Crippen LogP contribution in [0.1, 0.15) is 38.5 Å². The molecule has 1 aromatic carbocycles. The van der Waals surface area contributed by atoms with E-state index in [-0.39, 0.29) is 41.0 Å². The van der Waals surface area contributed by atoms with E-state index in [2.05, 4.69) is 15.3 Å². The van der Waals surface area contributed by atoms with Crippen LogP contribution in [0.4, 0.5) is 23.2 Å². The van der Waals surface area contributed by atoms with Crippen LogP contribution in [0.15, 0.2) is 36.5 Å². The summed E-state index contributed by atoms with van der Waals surface area (Å²) in [6, 6.07) is 2.58. The van der Waals surface area contributed by atoms with Gasteiger partial charge in [-0.25, -0.2) is 27.5 Å². The molecule has 0 aliphatic carbocycles. The Morgan fingerprint density at radius 2 is 2.03 bits per heavy atom. The third-order valence-corrected chi connectivity index (χ3v) is 4.74. The van der Waals surface area contributed by atoms with Crippen molar-refractivity contribution in [3.8, 4) is 11.3 Å². The monoisotopic (exact) mass is 482 g/mol. The zero-order chi connectivity index (χ0) is 25.0. The normalized spacial score (nSPS) is 18.0. The van der Waals surface area contributed by atoms with Crippen LogP contribution in [-0.4, -0.2) is 40.3 Å². The first-order valence-electron chi connectivity index (χ1n) is 10.3. The summed E-state index contributed by atoms with van der Waals surface area (Å²) >= 11 is 0. The minimum Gasteiger partial charge on any atom is -0.477 e. The van der Waals surface area contributed by atoms with Gasteiger partial charge in [-0.2, -0.15) is 0 Å². The highest BCUT2D eigenvalue weighted by Crippen LogP contribution is 2.40. The third-order valence-electron chi connectivity index (χ3n) is 4.74. The number of anilines is 1. The Morgan fingerprint density at radius 3 is 2.68 bits per heavy atom. The van der Waals surface area contributed by atoms with Gasteiger partial charge in [0.1, 0.15) is 36.4 Å². The van der Waals surface area contributed by atoms with Gasteiger partial charge < -0.3 is 20.5 Å². The molecule has 0 saturated carbocycles. The molecule has 0 bridgehead atoms. The van der Waals surface area contributed by atoms with E-state index in [0.717, 1.165) is 30.6 Å². The van der Waals surface area contributed by atoms with Gasteiger partial charge in [0.25, 0.3) is 11.8 Å². The Morgan fingerprint density at radius 1 is 1.29 bits per heavy atom. The highest BCUT2D eigenvalue weighted by molar-refractivity contribution is 6.44. The van der Waals surface area contributed by atoms with Crippen LogP contribution in [0.5, 0.6) is 0 Å². The van der Waals surface area contributed by atoms with Crippen LogP contribution >= 0.6 is 0 Å². The Balaban J connectivity index is 2.02. The van der Waals surface area contributed by atoms with Crippen molar-refractivity contribution < 1.29 is 36.6 Å². The van der Waals surface area contributed by atoms with Crippen molar-refractivity contribution in [2.24, 2.45) is 5.73 Å². The zero-order valence-electron chi connectivity index (χ0n) is 18.3. The summed E-state index contributed by atoms with van der Waals surface area (Å²) in [6.07, 6.45) is -0.334. The molecule has 12 heteroatoms. The summed E-state index contributed by atoms with van der Waals surface area (Å²) < 4.78 is 65.8. The molecule has 34 heavy (non-hydrogen) atoms. The highest BCUT2D eigenvalue weighted by atomic mass is 19.3. The number of rotatable bonds is 7. The second-order valence-corrected chi connectivity index (χ2v) is 7.83. The Bertz CT molecular complexity index is 1110. The molecule has 1 amide bonds. The number of alkyl halides is 2. The van der Waals surface area contributed by atoms with Crippen LogP contribution in [0, 0.1) is 11.6 Å². The zero-order valence-corrected chi connectivity index (χ0v) is 18.3. The maximum absolute atomic E-state index is 14.5. The summed E-state index contributed by atoms with van der Waals surface area (Å²) in [5, 5.41) is 2.28. The van der Waals surface area contributed by atoms with Crippen LogP contribution in [0.3, 0.4) is 0 Å². The topological polar surface area (TPSA) is 116 Å². The molecule has 2 aromatic rings. The number of ketones is 1. The molecule has 1 atom stereocenters. The van der Waals surface area contributed by atoms with E-state index in [1.807, 2.05) is 0 Å². The molecule has 3 N–H and O–H groups in total. The molecule has 1 aromatic heterocycles. The van der Waals surface area contributed by atoms with Gasteiger partial charge in [0, 0.05) is 12.0 Å². The van der Waals surface area contributed by atoms with Gasteiger partial charge in [-0.15, -0.1) is 0 Å². The number of nitrogens with one attached hydrogen (secondary N) is 1. The molecule has 2 heterocycles. The van der Waals surface area contributed by atoms with Crippen molar-refractivity contribution in [1.82, 2.24) is 9.97 Å². The van der Waals surface area contributed by atoms with Crippen molar-refractivity contribution in [2.75, 3.05) is 11.9 Å². The summed E-state index contributed by atoms with van der Waals surface area (Å²) in [7, 11) is 0. The molecular weight excluding hydrogens is 460 g/mol. The number of carbonyl (C=O) groups is 2. The van der Waals surface area contributed by atoms with E-state index in [0.29, 0.717) is 0 Å². The van der Waals surface area contributed by atoms with E-state index < -0.39 is 48.4 Å². The van der Waals surface area contributed by atoms with Crippen molar-refractivity contribution in [1.29, 1.82) is 0 Å². The van der Waals surface area contributed by atoms with Crippen molar-refractivity contribution in [2.45, 2.75) is 44.8 Å². The molecule has 0 radical (unpaired) electrons. The van der Waals surface area contributed by atoms with Gasteiger partial charge in [-0.1, -0.05) is 0 Å². The summed E-state index contributed by atoms with van der Waals surface area (Å²) in [5.74, 6) is -7.35. The maximum atomic E-state index is 14.5. The molecule has 182 valence electrons. The van der Waals surface area contributed by atoms with E-state index in [1.54, 1.807) is 13.8 Å². The Kier molecular flexibility index (Phi) is 7.50. The number of ether oxygens (including phenoxy) is 2. The molecule has 3 rings (SSSR count). The smallest absolute Gasteiger partial charge is 0.296 e. The predicted octanol–water partition coefficient (Wildman–Crippen LogP) is 3.64. The molecule has 1 fully saturated rings. The highest BCUT2D eigenvalue weighted by Gasteiger charge is 2.38. The van der Waals surface area contributed by atoms with E-state index in [4.69, 9.17) is 15.2 Å². The fourth-order valence-electron chi connectivity index (χ4n) is 3.26. The minimum absolute atomic E-state index is 0.0688. The first-order chi connectivity index (χ1) is 16.0. The number of benzene rings is 1. The van der Waals surface area contributed by atoms with Gasteiger partial charge >= 0.3 is 0 Å². The SMILES string of the molecule is CC(C)O/C(N)=C/C(=O)C(=O)Nc1c(-c2cc(F)ccc2F)ncnc1C1CCC(F)(F)CO1. The van der Waals surface area contributed by atoms with Gasteiger partial charge in [0.05, 0.1) is 23.6 Å². The average molecular weight is 482 g/mol. The third kappa shape index (κ3) is 6.07. The molecule has 0 spiro atoms. The Hall–Kier alpha value is -3.54. The fraction of sp³-hybridized carbons (Fsp3) is 0.364. The molecule has 1 aliphatic rings. The summed E-state index contributed by atoms with van der Waals surface area (Å²) in [5.41, 5.74) is 4.61. The predicted molar refractivity (Wildman–Crippen MR) is 112 cm³/mol. The van der Waals surface area contributed by atoms with Crippen molar-refractivity contribution in [3.05, 3.63) is 53.8 Å². The number of hydrogen-bond acceptors (Lipinski definition) is 7. The minimum atomic E-state index is -3.04. The number of nitrogens with two attached hydrogens (primary N) is 1. The van der Waals surface area contributed by atoms with Crippen LogP contribution < -0.4 is 11.1 Å². The molecule has 1 saturated heterocycles. The van der Waals surface area contributed by atoms with E-state index in [1.165, 1.54) is 0 Å². The quantitative estimate of drug-likeness (QED) is 0.268. The van der Waals surface area contributed by atoms with E-state index >= 15 is 0 Å². The number of hydrogen-bond donors (Lipinski definition) is 2. The van der Waals surface area contributed by atoms with Gasteiger partial charge in [0.15, 0.2) is 5.88 Å². The lowest BCUT2D eigenvalue weighted by Gasteiger charge is -2.29. The van der Waals surface area contributed by atoms with Crippen molar-refractivity contribution >= 4 is 17.4 Å². The Labute approximate surface area is 192 Å². The average Bonchev–Trinajstić information content (AvgIpc) is 2.75. The standard InChI is InChI=1S/C22H22F4N4O4/c1-11(2)34-17(27)8-15(31)21(32)30-20-18(13-7-12(23)3-4-14(13)24)28-10-29-19(20)16-5-6-22(25,26)9-33-16/h3-4,7-8,10-11,16H,5-6,9,27H2,1-2H3,(H,30,32)/b17-8+. The fourth-order valence-corrected chi connectivity index (χ4v) is 3.26. The maximum Gasteiger partial charge on any atom is 0.296 e. The summed E-state index contributed by atoms with van der Waals surface area (Å²) in [4.78, 5) is 32.9. The molecule has 1 unspecified atom stereocenters. The number of aromatic nitrogens is 2.